The Morgan fingerprint density at radius 1 is 0.913 bits per heavy atom. The molecule has 2 N–H and O–H groups in total. The summed E-state index contributed by atoms with van der Waals surface area (Å²) in [6.07, 6.45) is 0. The van der Waals surface area contributed by atoms with Gasteiger partial charge in [-0.25, -0.2) is 8.78 Å². The minimum Gasteiger partial charge on any atom is -0.325 e. The fourth-order valence-electron chi connectivity index (χ4n) is 1.80. The lowest BCUT2D eigenvalue weighted by atomic mass is 9.90. The van der Waals surface area contributed by atoms with Gasteiger partial charge < -0.3 is 10.6 Å². The molecule has 120 valence electrons. The van der Waals surface area contributed by atoms with Crippen LogP contribution in [0.1, 0.15) is 13.8 Å². The van der Waals surface area contributed by atoms with Crippen LogP contribution in [0.2, 0.25) is 0 Å². The zero-order chi connectivity index (χ0) is 17.0. The maximum atomic E-state index is 13.6. The number of nitrogens with one attached hydrogen (secondary N) is 2. The van der Waals surface area contributed by atoms with E-state index in [1.165, 1.54) is 50.2 Å². The molecule has 0 radical (unpaired) electrons. The summed E-state index contributed by atoms with van der Waals surface area (Å²) in [6.45, 7) is 2.80. The first kappa shape index (κ1) is 16.6. The number of anilines is 2. The first-order chi connectivity index (χ1) is 10.8. The van der Waals surface area contributed by atoms with E-state index in [4.69, 9.17) is 0 Å². The normalized spacial score (nSPS) is 11.0. The molecule has 23 heavy (non-hydrogen) atoms. The number of amides is 2. The van der Waals surface area contributed by atoms with Gasteiger partial charge in [-0.2, -0.15) is 0 Å². The van der Waals surface area contributed by atoms with Gasteiger partial charge in [0.25, 0.3) is 0 Å². The molecule has 0 saturated carbocycles. The summed E-state index contributed by atoms with van der Waals surface area (Å²) in [4.78, 5) is 24.5. The second-order valence-electron chi connectivity index (χ2n) is 5.52. The quantitative estimate of drug-likeness (QED) is 0.847. The standard InChI is InChI=1S/C17H16F2N2O2/c1-17(2,15(22)20-12-7-5-6-11(18)10-12)16(23)21-14-9-4-3-8-13(14)19/h3-10H,1-2H3,(H,20,22)(H,21,23). The number of carbonyl (C=O) groups excluding carboxylic acids is 2. The Hall–Kier alpha value is -2.76. The fourth-order valence-corrected chi connectivity index (χ4v) is 1.80. The number of hydrogen-bond donors (Lipinski definition) is 2. The highest BCUT2D eigenvalue weighted by molar-refractivity contribution is 6.14. The Morgan fingerprint density at radius 2 is 1.57 bits per heavy atom. The maximum absolute atomic E-state index is 13.6. The zero-order valence-electron chi connectivity index (χ0n) is 12.7. The van der Waals surface area contributed by atoms with Crippen LogP contribution in [0, 0.1) is 17.0 Å². The summed E-state index contributed by atoms with van der Waals surface area (Å²) in [7, 11) is 0. The van der Waals surface area contributed by atoms with E-state index in [9.17, 15) is 18.4 Å². The van der Waals surface area contributed by atoms with Crippen LogP contribution < -0.4 is 10.6 Å². The molecule has 0 bridgehead atoms. The third kappa shape index (κ3) is 3.91. The van der Waals surface area contributed by atoms with Crippen molar-refractivity contribution in [2.75, 3.05) is 10.6 Å². The van der Waals surface area contributed by atoms with Crippen molar-refractivity contribution >= 4 is 23.2 Å². The van der Waals surface area contributed by atoms with Crippen molar-refractivity contribution in [3.63, 3.8) is 0 Å². The third-order valence-electron chi connectivity index (χ3n) is 3.34. The molecule has 0 aliphatic carbocycles. The second-order valence-corrected chi connectivity index (χ2v) is 5.52. The molecule has 6 heteroatoms. The molecule has 0 heterocycles. The van der Waals surface area contributed by atoms with Gasteiger partial charge >= 0.3 is 0 Å². The van der Waals surface area contributed by atoms with Crippen LogP contribution in [0.5, 0.6) is 0 Å². The fraction of sp³-hybridized carbons (Fsp3) is 0.176. The van der Waals surface area contributed by atoms with E-state index in [0.29, 0.717) is 0 Å². The lowest BCUT2D eigenvalue weighted by molar-refractivity contribution is -0.135. The predicted octanol–water partition coefficient (Wildman–Crippen LogP) is 3.57. The molecule has 2 aromatic rings. The average Bonchev–Trinajstić information content (AvgIpc) is 2.49. The first-order valence-corrected chi connectivity index (χ1v) is 6.93. The Morgan fingerprint density at radius 3 is 2.22 bits per heavy atom. The molecule has 0 fully saturated rings. The minimum absolute atomic E-state index is 0.0101. The van der Waals surface area contributed by atoms with Gasteiger partial charge in [-0.05, 0) is 44.2 Å². The van der Waals surface area contributed by atoms with Gasteiger partial charge in [0.05, 0.1) is 5.69 Å². The van der Waals surface area contributed by atoms with Crippen molar-refractivity contribution in [3.05, 3.63) is 60.2 Å². The highest BCUT2D eigenvalue weighted by Gasteiger charge is 2.36. The molecule has 0 spiro atoms. The molecular weight excluding hydrogens is 302 g/mol. The van der Waals surface area contributed by atoms with Gasteiger partial charge in [0.2, 0.25) is 11.8 Å². The number of halogens is 2. The van der Waals surface area contributed by atoms with Gasteiger partial charge in [-0.15, -0.1) is 0 Å². The van der Waals surface area contributed by atoms with E-state index >= 15 is 0 Å². The molecule has 0 aromatic heterocycles. The van der Waals surface area contributed by atoms with Crippen molar-refractivity contribution in [1.29, 1.82) is 0 Å². The maximum Gasteiger partial charge on any atom is 0.239 e. The lowest BCUT2D eigenvalue weighted by Crippen LogP contribution is -2.41. The minimum atomic E-state index is -1.48. The summed E-state index contributed by atoms with van der Waals surface area (Å²) < 4.78 is 26.7. The third-order valence-corrected chi connectivity index (χ3v) is 3.34. The van der Waals surface area contributed by atoms with Crippen molar-refractivity contribution in [3.8, 4) is 0 Å². The van der Waals surface area contributed by atoms with Gasteiger partial charge in [0.1, 0.15) is 17.0 Å². The van der Waals surface area contributed by atoms with E-state index in [1.54, 1.807) is 6.07 Å². The molecule has 0 unspecified atom stereocenters. The van der Waals surface area contributed by atoms with Gasteiger partial charge in [0.15, 0.2) is 0 Å². The smallest absolute Gasteiger partial charge is 0.239 e. The number of carbonyl (C=O) groups is 2. The molecule has 2 amide bonds. The van der Waals surface area contributed by atoms with E-state index in [0.717, 1.165) is 6.07 Å². The van der Waals surface area contributed by atoms with Crippen LogP contribution in [-0.2, 0) is 9.59 Å². The highest BCUT2D eigenvalue weighted by atomic mass is 19.1. The molecule has 0 atom stereocenters. The topological polar surface area (TPSA) is 58.2 Å². The Bertz CT molecular complexity index is 745. The van der Waals surface area contributed by atoms with Gasteiger partial charge in [-0.3, -0.25) is 9.59 Å². The SMILES string of the molecule is CC(C)(C(=O)Nc1cccc(F)c1)C(=O)Nc1ccccc1F. The lowest BCUT2D eigenvalue weighted by Gasteiger charge is -2.23. The first-order valence-electron chi connectivity index (χ1n) is 6.93. The van der Waals surface area contributed by atoms with Gasteiger partial charge in [0, 0.05) is 5.69 Å². The van der Waals surface area contributed by atoms with Gasteiger partial charge in [-0.1, -0.05) is 18.2 Å². The summed E-state index contributed by atoms with van der Waals surface area (Å²) in [6, 6.07) is 11.0. The summed E-state index contributed by atoms with van der Waals surface area (Å²) in [5.41, 5.74) is -1.25. The van der Waals surface area contributed by atoms with Crippen LogP contribution in [0.15, 0.2) is 48.5 Å². The molecule has 2 aromatic carbocycles. The van der Waals surface area contributed by atoms with Crippen LogP contribution in [0.4, 0.5) is 20.2 Å². The van der Waals surface area contributed by atoms with Crippen LogP contribution in [0.3, 0.4) is 0 Å². The van der Waals surface area contributed by atoms with Crippen LogP contribution in [-0.4, -0.2) is 11.8 Å². The number of rotatable bonds is 4. The zero-order valence-corrected chi connectivity index (χ0v) is 12.7. The monoisotopic (exact) mass is 318 g/mol. The van der Waals surface area contributed by atoms with Crippen molar-refractivity contribution < 1.29 is 18.4 Å². The summed E-state index contributed by atoms with van der Waals surface area (Å²) in [5, 5.41) is 4.85. The van der Waals surface area contributed by atoms with Crippen molar-refractivity contribution in [1.82, 2.24) is 0 Å². The Kier molecular flexibility index (Phi) is 4.74. The Labute approximate surface area is 132 Å². The molecule has 0 aliphatic heterocycles. The molecule has 2 rings (SSSR count). The second kappa shape index (κ2) is 6.56. The van der Waals surface area contributed by atoms with E-state index in [-0.39, 0.29) is 11.4 Å². The van der Waals surface area contributed by atoms with Crippen molar-refractivity contribution in [2.45, 2.75) is 13.8 Å². The number of benzene rings is 2. The average molecular weight is 318 g/mol. The number of hydrogen-bond acceptors (Lipinski definition) is 2. The highest BCUT2D eigenvalue weighted by Crippen LogP contribution is 2.23. The van der Waals surface area contributed by atoms with E-state index < -0.39 is 28.9 Å². The predicted molar refractivity (Wildman–Crippen MR) is 83.8 cm³/mol. The van der Waals surface area contributed by atoms with E-state index in [1.807, 2.05) is 0 Å². The number of para-hydroxylation sites is 1. The molecular formula is C17H16F2N2O2. The molecule has 0 saturated heterocycles. The van der Waals surface area contributed by atoms with E-state index in [2.05, 4.69) is 10.6 Å². The summed E-state index contributed by atoms with van der Waals surface area (Å²) in [5.74, 6) is -2.40. The largest absolute Gasteiger partial charge is 0.325 e. The Balaban J connectivity index is 2.11. The molecule has 0 aliphatic rings. The molecule has 4 nitrogen and oxygen atoms in total. The summed E-state index contributed by atoms with van der Waals surface area (Å²) >= 11 is 0. The van der Waals surface area contributed by atoms with Crippen molar-refractivity contribution in [2.24, 2.45) is 5.41 Å². The van der Waals surface area contributed by atoms with Crippen LogP contribution >= 0.6 is 0 Å². The van der Waals surface area contributed by atoms with Crippen LogP contribution in [0.25, 0.3) is 0 Å².